The lowest BCUT2D eigenvalue weighted by Gasteiger charge is -2.19. The summed E-state index contributed by atoms with van der Waals surface area (Å²) in [4.78, 5) is 11.5. The number of hydrogen-bond donors (Lipinski definition) is 3. The van der Waals surface area contributed by atoms with Gasteiger partial charge in [-0.05, 0) is 57.2 Å². The molecule has 0 spiro atoms. The second kappa shape index (κ2) is 13.7. The van der Waals surface area contributed by atoms with Crippen LogP contribution in [0.15, 0.2) is 48.6 Å². The highest BCUT2D eigenvalue weighted by Gasteiger charge is 2.39. The number of halogens is 3. The highest BCUT2D eigenvalue weighted by atomic mass is 19.4. The van der Waals surface area contributed by atoms with E-state index >= 15 is 0 Å². The number of aliphatic hydroxyl groups excluding tert-OH is 3. The van der Waals surface area contributed by atoms with Crippen molar-refractivity contribution in [2.45, 2.75) is 76.5 Å². The number of ether oxygens (including phenoxy) is 2. The Balaban J connectivity index is 1.82. The zero-order valence-corrected chi connectivity index (χ0v) is 20.0. The van der Waals surface area contributed by atoms with Gasteiger partial charge >= 0.3 is 12.1 Å². The van der Waals surface area contributed by atoms with E-state index in [0.717, 1.165) is 12.1 Å². The molecule has 0 aliphatic heterocycles. The van der Waals surface area contributed by atoms with Gasteiger partial charge in [-0.2, -0.15) is 13.2 Å². The first-order valence-corrected chi connectivity index (χ1v) is 11.8. The van der Waals surface area contributed by atoms with Gasteiger partial charge in [-0.3, -0.25) is 4.79 Å². The molecule has 0 saturated heterocycles. The van der Waals surface area contributed by atoms with Gasteiger partial charge in [-0.15, -0.1) is 0 Å². The maximum atomic E-state index is 12.8. The molecule has 6 nitrogen and oxygen atoms in total. The van der Waals surface area contributed by atoms with Gasteiger partial charge in [-0.1, -0.05) is 30.4 Å². The molecule has 2 rings (SSSR count). The average Bonchev–Trinajstić information content (AvgIpc) is 3.04. The van der Waals surface area contributed by atoms with Gasteiger partial charge in [0, 0.05) is 18.8 Å². The highest BCUT2D eigenvalue weighted by molar-refractivity contribution is 5.69. The van der Waals surface area contributed by atoms with Gasteiger partial charge in [0.05, 0.1) is 23.9 Å². The summed E-state index contributed by atoms with van der Waals surface area (Å²) in [6, 6.07) is 4.40. The fourth-order valence-electron chi connectivity index (χ4n) is 4.02. The summed E-state index contributed by atoms with van der Waals surface area (Å²) in [7, 11) is 0. The second-order valence-electron chi connectivity index (χ2n) is 9.04. The number of alkyl halides is 3. The molecule has 1 aromatic rings. The van der Waals surface area contributed by atoms with Crippen LogP contribution in [0.5, 0.6) is 5.75 Å². The first kappa shape index (κ1) is 28.9. The molecule has 196 valence electrons. The molecule has 1 aliphatic rings. The zero-order chi connectivity index (χ0) is 26.0. The van der Waals surface area contributed by atoms with Gasteiger partial charge in [0.15, 0.2) is 0 Å². The number of carbonyl (C=O) groups excluding carboxylic acids is 1. The maximum Gasteiger partial charge on any atom is 0.416 e. The summed E-state index contributed by atoms with van der Waals surface area (Å²) in [5, 5.41) is 30.8. The minimum Gasteiger partial charge on any atom is -0.491 e. The molecule has 1 aliphatic carbocycles. The minimum atomic E-state index is -4.49. The Morgan fingerprint density at radius 2 is 1.94 bits per heavy atom. The summed E-state index contributed by atoms with van der Waals surface area (Å²) in [5.41, 5.74) is -0.838. The quantitative estimate of drug-likeness (QED) is 0.223. The van der Waals surface area contributed by atoms with E-state index in [0.29, 0.717) is 25.7 Å². The number of unbranched alkanes of at least 4 members (excludes halogenated alkanes) is 1. The summed E-state index contributed by atoms with van der Waals surface area (Å²) >= 11 is 0. The van der Waals surface area contributed by atoms with Crippen molar-refractivity contribution in [2.75, 3.05) is 6.61 Å². The molecule has 0 heterocycles. The molecule has 3 N–H and O–H groups in total. The van der Waals surface area contributed by atoms with E-state index in [2.05, 4.69) is 0 Å². The van der Waals surface area contributed by atoms with Gasteiger partial charge in [0.2, 0.25) is 0 Å². The van der Waals surface area contributed by atoms with Crippen LogP contribution in [0.3, 0.4) is 0 Å². The molecule has 0 aromatic heterocycles. The van der Waals surface area contributed by atoms with Crippen LogP contribution in [0, 0.1) is 11.8 Å². The maximum absolute atomic E-state index is 12.8. The number of benzene rings is 1. The van der Waals surface area contributed by atoms with E-state index in [-0.39, 0.29) is 42.7 Å². The van der Waals surface area contributed by atoms with Gasteiger partial charge in [0.1, 0.15) is 18.5 Å². The van der Waals surface area contributed by atoms with Gasteiger partial charge in [0.25, 0.3) is 0 Å². The Bertz CT molecular complexity index is 852. The molecule has 0 bridgehead atoms. The highest BCUT2D eigenvalue weighted by Crippen LogP contribution is 2.36. The average molecular weight is 501 g/mol. The van der Waals surface area contributed by atoms with E-state index in [4.69, 9.17) is 9.47 Å². The molecule has 0 radical (unpaired) electrons. The van der Waals surface area contributed by atoms with Crippen LogP contribution in [0.1, 0.15) is 51.5 Å². The number of esters is 1. The van der Waals surface area contributed by atoms with E-state index < -0.39 is 30.1 Å². The summed E-state index contributed by atoms with van der Waals surface area (Å²) in [6.07, 6.45) is 2.09. The van der Waals surface area contributed by atoms with Crippen LogP contribution < -0.4 is 4.74 Å². The number of carbonyl (C=O) groups is 1. The standard InChI is InChI=1S/C26H35F3O6/c1-17(2)35-25(33)11-6-4-3-5-10-21-22(24(32)15-23(21)31)13-12-19(30)16-34-20-9-7-8-18(14-20)26(27,28)29/h3,5,7-9,12-14,17,19,21-24,30-32H,4,6,10-11,15-16H2,1-2H3/b5-3+,13-12?/t19-,21-,22+,23-,24+/m0/s1. The lowest BCUT2D eigenvalue weighted by molar-refractivity contribution is -0.147. The van der Waals surface area contributed by atoms with E-state index in [1.165, 1.54) is 18.2 Å². The van der Waals surface area contributed by atoms with Crippen molar-refractivity contribution >= 4 is 5.97 Å². The van der Waals surface area contributed by atoms with E-state index in [1.54, 1.807) is 19.9 Å². The molecule has 1 aromatic carbocycles. The minimum absolute atomic E-state index is 0.0101. The lowest BCUT2D eigenvalue weighted by Crippen LogP contribution is -2.21. The molecule has 0 amide bonds. The van der Waals surface area contributed by atoms with Crippen molar-refractivity contribution in [3.05, 3.63) is 54.1 Å². The largest absolute Gasteiger partial charge is 0.491 e. The van der Waals surface area contributed by atoms with Crippen molar-refractivity contribution in [3.8, 4) is 5.75 Å². The molecule has 1 fully saturated rings. The normalized spacial score (nSPS) is 23.9. The first-order chi connectivity index (χ1) is 16.5. The van der Waals surface area contributed by atoms with Gasteiger partial charge in [-0.25, -0.2) is 0 Å². The van der Waals surface area contributed by atoms with Crippen molar-refractivity contribution in [1.82, 2.24) is 0 Å². The number of rotatable bonds is 12. The lowest BCUT2D eigenvalue weighted by atomic mass is 9.89. The monoisotopic (exact) mass is 500 g/mol. The Morgan fingerprint density at radius 3 is 2.63 bits per heavy atom. The van der Waals surface area contributed by atoms with Crippen LogP contribution in [0.4, 0.5) is 13.2 Å². The predicted octanol–water partition coefficient (Wildman–Crippen LogP) is 4.43. The number of hydrogen-bond acceptors (Lipinski definition) is 6. The van der Waals surface area contributed by atoms with Crippen molar-refractivity contribution < 1.29 is 42.8 Å². The molecule has 0 unspecified atom stereocenters. The topological polar surface area (TPSA) is 96.2 Å². The van der Waals surface area contributed by atoms with E-state index in [1.807, 2.05) is 12.2 Å². The van der Waals surface area contributed by atoms with Gasteiger partial charge < -0.3 is 24.8 Å². The third-order valence-electron chi connectivity index (χ3n) is 5.75. The summed E-state index contributed by atoms with van der Waals surface area (Å²) in [5.74, 6) is -0.883. The molecule has 35 heavy (non-hydrogen) atoms. The van der Waals surface area contributed by atoms with Crippen molar-refractivity contribution in [2.24, 2.45) is 11.8 Å². The predicted molar refractivity (Wildman–Crippen MR) is 125 cm³/mol. The van der Waals surface area contributed by atoms with Crippen LogP contribution in [-0.2, 0) is 15.7 Å². The fraction of sp³-hybridized carbons (Fsp3) is 0.577. The Labute approximate surface area is 204 Å². The zero-order valence-electron chi connectivity index (χ0n) is 20.0. The van der Waals surface area contributed by atoms with Crippen LogP contribution in [0.25, 0.3) is 0 Å². The Morgan fingerprint density at radius 1 is 1.20 bits per heavy atom. The molecule has 9 heteroatoms. The Kier molecular flexibility index (Phi) is 11.3. The second-order valence-corrected chi connectivity index (χ2v) is 9.04. The molecule has 1 saturated carbocycles. The summed E-state index contributed by atoms with van der Waals surface area (Å²) in [6.45, 7) is 3.34. The number of allylic oxidation sites excluding steroid dienone is 2. The molecule has 5 atom stereocenters. The van der Waals surface area contributed by atoms with Crippen LogP contribution in [0.2, 0.25) is 0 Å². The number of aliphatic hydroxyl groups is 3. The SMILES string of the molecule is CC(C)OC(=O)CCC/C=C/C[C@H]1[C@@H](C=C[C@H](O)COc2cccc(C(F)(F)F)c2)[C@H](O)C[C@@H]1O. The Hall–Kier alpha value is -2.36. The summed E-state index contributed by atoms with van der Waals surface area (Å²) < 4.78 is 48.8. The van der Waals surface area contributed by atoms with Crippen molar-refractivity contribution in [1.29, 1.82) is 0 Å². The molecular formula is C26H35F3O6. The fourth-order valence-corrected chi connectivity index (χ4v) is 4.02. The van der Waals surface area contributed by atoms with Crippen molar-refractivity contribution in [3.63, 3.8) is 0 Å². The van der Waals surface area contributed by atoms with E-state index in [9.17, 15) is 33.3 Å². The molecular weight excluding hydrogens is 465 g/mol. The third kappa shape index (κ3) is 10.0. The smallest absolute Gasteiger partial charge is 0.416 e. The van der Waals surface area contributed by atoms with Crippen LogP contribution in [-0.4, -0.2) is 52.3 Å². The van der Waals surface area contributed by atoms with Crippen LogP contribution >= 0.6 is 0 Å². The first-order valence-electron chi connectivity index (χ1n) is 11.8. The third-order valence-corrected chi connectivity index (χ3v) is 5.75.